The van der Waals surface area contributed by atoms with Crippen molar-refractivity contribution in [3.8, 4) is 0 Å². The third-order valence-corrected chi connectivity index (χ3v) is 6.34. The molecule has 202 valence electrons. The molecular formula is C32H38O6. The van der Waals surface area contributed by atoms with E-state index in [9.17, 15) is 5.11 Å². The summed E-state index contributed by atoms with van der Waals surface area (Å²) in [5.74, 6) is 0. The first-order chi connectivity index (χ1) is 18.7. The molecule has 1 saturated heterocycles. The predicted octanol–water partition coefficient (Wildman–Crippen LogP) is 5.44. The summed E-state index contributed by atoms with van der Waals surface area (Å²) in [7, 11) is 0. The molecule has 0 unspecified atom stereocenters. The quantitative estimate of drug-likeness (QED) is 0.287. The Kier molecular flexibility index (Phi) is 11.5. The minimum absolute atomic E-state index is 0.261. The Morgan fingerprint density at radius 3 is 1.76 bits per heavy atom. The van der Waals surface area contributed by atoms with Gasteiger partial charge in [-0.3, -0.25) is 0 Å². The maximum atomic E-state index is 11.3. The van der Waals surface area contributed by atoms with E-state index in [4.69, 9.17) is 23.7 Å². The lowest BCUT2D eigenvalue weighted by Crippen LogP contribution is -2.61. The molecule has 1 fully saturated rings. The lowest BCUT2D eigenvalue weighted by atomic mass is 9.98. The minimum atomic E-state index is -1.04. The van der Waals surface area contributed by atoms with Crippen LogP contribution < -0.4 is 0 Å². The standard InChI is InChI=1S/C32H38O6/c1-2-3-13-20-35-32-29(33)31(37-23-27-18-11-6-12-19-27)30(36-22-26-16-9-5-10-17-26)28(38-32)24-34-21-25-14-7-4-8-15-25/h3-19,28-33H,2,20-24H2,1H3/b13-3-/t28-,29-,30-,31-,32+/m1/s1. The predicted molar refractivity (Wildman–Crippen MR) is 146 cm³/mol. The van der Waals surface area contributed by atoms with Crippen LogP contribution in [-0.4, -0.2) is 49.0 Å². The van der Waals surface area contributed by atoms with Crippen LogP contribution in [0.3, 0.4) is 0 Å². The largest absolute Gasteiger partial charge is 0.385 e. The van der Waals surface area contributed by atoms with Crippen molar-refractivity contribution in [1.29, 1.82) is 0 Å². The van der Waals surface area contributed by atoms with Gasteiger partial charge in [0.25, 0.3) is 0 Å². The second-order valence-electron chi connectivity index (χ2n) is 9.27. The summed E-state index contributed by atoms with van der Waals surface area (Å²) in [6.07, 6.45) is 1.17. The molecule has 0 amide bonds. The number of rotatable bonds is 14. The highest BCUT2D eigenvalue weighted by Gasteiger charge is 2.47. The monoisotopic (exact) mass is 518 g/mol. The fraction of sp³-hybridized carbons (Fsp3) is 0.375. The van der Waals surface area contributed by atoms with Gasteiger partial charge in [-0.25, -0.2) is 0 Å². The zero-order chi connectivity index (χ0) is 26.4. The molecule has 3 aromatic carbocycles. The molecule has 6 heteroatoms. The molecule has 0 aliphatic carbocycles. The molecule has 1 aliphatic rings. The van der Waals surface area contributed by atoms with Crippen molar-refractivity contribution in [3.05, 3.63) is 120 Å². The fourth-order valence-electron chi connectivity index (χ4n) is 4.34. The van der Waals surface area contributed by atoms with E-state index >= 15 is 0 Å². The number of benzene rings is 3. The molecule has 1 heterocycles. The average Bonchev–Trinajstić information content (AvgIpc) is 2.96. The van der Waals surface area contributed by atoms with E-state index in [0.717, 1.165) is 23.1 Å². The van der Waals surface area contributed by atoms with E-state index in [1.807, 2.05) is 103 Å². The smallest absolute Gasteiger partial charge is 0.187 e. The second-order valence-corrected chi connectivity index (χ2v) is 9.27. The van der Waals surface area contributed by atoms with E-state index in [1.165, 1.54) is 0 Å². The highest BCUT2D eigenvalue weighted by molar-refractivity contribution is 5.15. The topological polar surface area (TPSA) is 66.4 Å². The van der Waals surface area contributed by atoms with Gasteiger partial charge in [-0.15, -0.1) is 0 Å². The molecule has 1 aliphatic heterocycles. The number of aliphatic hydroxyl groups is 1. The van der Waals surface area contributed by atoms with Crippen LogP contribution in [-0.2, 0) is 43.5 Å². The molecular weight excluding hydrogens is 480 g/mol. The van der Waals surface area contributed by atoms with E-state index < -0.39 is 30.7 Å². The third-order valence-electron chi connectivity index (χ3n) is 6.34. The van der Waals surface area contributed by atoms with Gasteiger partial charge < -0.3 is 28.8 Å². The summed E-state index contributed by atoms with van der Waals surface area (Å²) < 4.78 is 31.0. The lowest BCUT2D eigenvalue weighted by molar-refractivity contribution is -0.316. The van der Waals surface area contributed by atoms with Gasteiger partial charge in [-0.1, -0.05) is 110 Å². The molecule has 4 rings (SSSR count). The lowest BCUT2D eigenvalue weighted by Gasteiger charge is -2.44. The average molecular weight is 519 g/mol. The first-order valence-electron chi connectivity index (χ1n) is 13.3. The summed E-state index contributed by atoms with van der Waals surface area (Å²) in [5, 5.41) is 11.3. The summed E-state index contributed by atoms with van der Waals surface area (Å²) >= 11 is 0. The second kappa shape index (κ2) is 15.5. The molecule has 0 bridgehead atoms. The Balaban J connectivity index is 1.51. The number of hydrogen-bond acceptors (Lipinski definition) is 6. The number of aliphatic hydroxyl groups excluding tert-OH is 1. The van der Waals surface area contributed by atoms with Crippen molar-refractivity contribution >= 4 is 0 Å². The Morgan fingerprint density at radius 1 is 0.684 bits per heavy atom. The van der Waals surface area contributed by atoms with Gasteiger partial charge in [0.2, 0.25) is 0 Å². The highest BCUT2D eigenvalue weighted by Crippen LogP contribution is 2.29. The number of allylic oxidation sites excluding steroid dienone is 1. The van der Waals surface area contributed by atoms with Crippen molar-refractivity contribution < 1.29 is 28.8 Å². The van der Waals surface area contributed by atoms with Crippen LogP contribution in [0, 0.1) is 0 Å². The Morgan fingerprint density at radius 2 is 1.21 bits per heavy atom. The molecule has 38 heavy (non-hydrogen) atoms. The normalized spacial score (nSPS) is 23.6. The summed E-state index contributed by atoms with van der Waals surface area (Å²) in [6, 6.07) is 29.8. The first-order valence-corrected chi connectivity index (χ1v) is 13.3. The van der Waals surface area contributed by atoms with Crippen molar-refractivity contribution in [1.82, 2.24) is 0 Å². The Hall–Kier alpha value is -2.84. The van der Waals surface area contributed by atoms with E-state index in [2.05, 4.69) is 6.92 Å². The molecule has 0 aromatic heterocycles. The molecule has 6 nitrogen and oxygen atoms in total. The number of hydrogen-bond donors (Lipinski definition) is 1. The molecule has 1 N–H and O–H groups in total. The van der Waals surface area contributed by atoms with Crippen LogP contribution in [0.2, 0.25) is 0 Å². The third kappa shape index (κ3) is 8.60. The molecule has 0 saturated carbocycles. The van der Waals surface area contributed by atoms with E-state index in [-0.39, 0.29) is 6.61 Å². The van der Waals surface area contributed by atoms with Crippen molar-refractivity contribution in [2.24, 2.45) is 0 Å². The molecule has 5 atom stereocenters. The minimum Gasteiger partial charge on any atom is -0.385 e. The van der Waals surface area contributed by atoms with Crippen LogP contribution in [0.4, 0.5) is 0 Å². The van der Waals surface area contributed by atoms with Crippen molar-refractivity contribution in [2.45, 2.75) is 63.9 Å². The van der Waals surface area contributed by atoms with Gasteiger partial charge >= 0.3 is 0 Å². The van der Waals surface area contributed by atoms with Gasteiger partial charge in [0.1, 0.15) is 24.4 Å². The maximum absolute atomic E-state index is 11.3. The van der Waals surface area contributed by atoms with Crippen molar-refractivity contribution in [3.63, 3.8) is 0 Å². The zero-order valence-electron chi connectivity index (χ0n) is 21.9. The number of ether oxygens (including phenoxy) is 5. The van der Waals surface area contributed by atoms with Crippen LogP contribution in [0.5, 0.6) is 0 Å². The van der Waals surface area contributed by atoms with Crippen LogP contribution in [0.15, 0.2) is 103 Å². The first kappa shape index (κ1) is 28.2. The van der Waals surface area contributed by atoms with Crippen LogP contribution in [0.25, 0.3) is 0 Å². The van der Waals surface area contributed by atoms with E-state index in [0.29, 0.717) is 26.4 Å². The van der Waals surface area contributed by atoms with Crippen molar-refractivity contribution in [2.75, 3.05) is 13.2 Å². The van der Waals surface area contributed by atoms with Crippen LogP contribution in [0.1, 0.15) is 30.0 Å². The van der Waals surface area contributed by atoms with Gasteiger partial charge in [0.15, 0.2) is 6.29 Å². The van der Waals surface area contributed by atoms with Crippen LogP contribution >= 0.6 is 0 Å². The summed E-state index contributed by atoms with van der Waals surface area (Å²) in [5.41, 5.74) is 3.10. The molecule has 0 spiro atoms. The highest BCUT2D eigenvalue weighted by atomic mass is 16.7. The van der Waals surface area contributed by atoms with Gasteiger partial charge in [0.05, 0.1) is 33.0 Å². The van der Waals surface area contributed by atoms with Gasteiger partial charge in [0, 0.05) is 0 Å². The SMILES string of the molecule is CC/C=C\CO[C@H]1O[C@H](COCc2ccccc2)[C@@H](OCc2ccccc2)[C@H](OCc2ccccc2)[C@H]1O. The molecule has 3 aromatic rings. The molecule has 0 radical (unpaired) electrons. The van der Waals surface area contributed by atoms with Gasteiger partial charge in [-0.05, 0) is 23.1 Å². The summed E-state index contributed by atoms with van der Waals surface area (Å²) in [4.78, 5) is 0. The Labute approximate surface area is 225 Å². The maximum Gasteiger partial charge on any atom is 0.187 e. The fourth-order valence-corrected chi connectivity index (χ4v) is 4.34. The zero-order valence-corrected chi connectivity index (χ0v) is 21.9. The summed E-state index contributed by atoms with van der Waals surface area (Å²) in [6.45, 7) is 3.77. The van der Waals surface area contributed by atoms with E-state index in [1.54, 1.807) is 0 Å². The van der Waals surface area contributed by atoms with Gasteiger partial charge in [-0.2, -0.15) is 0 Å². The Bertz CT molecular complexity index is 1060.